The lowest BCUT2D eigenvalue weighted by molar-refractivity contribution is 0.179. The number of nitrogens with two attached hydrogens (primary N) is 1. The Hall–Kier alpha value is -2.13. The number of nitrogens with one attached hydrogen (secondary N) is 1. The van der Waals surface area contributed by atoms with E-state index in [1.807, 2.05) is 29.8 Å². The van der Waals surface area contributed by atoms with Crippen molar-refractivity contribution in [3.8, 4) is 6.07 Å². The number of rotatable bonds is 3. The van der Waals surface area contributed by atoms with Crippen molar-refractivity contribution in [2.45, 2.75) is 24.7 Å². The first-order chi connectivity index (χ1) is 10.0. The molecule has 21 heavy (non-hydrogen) atoms. The van der Waals surface area contributed by atoms with Gasteiger partial charge in [0.15, 0.2) is 4.77 Å². The van der Waals surface area contributed by atoms with Gasteiger partial charge in [-0.15, -0.1) is 0 Å². The van der Waals surface area contributed by atoms with Crippen LogP contribution < -0.4 is 5.73 Å². The van der Waals surface area contributed by atoms with Gasteiger partial charge in [0.05, 0.1) is 6.07 Å². The van der Waals surface area contributed by atoms with Gasteiger partial charge in [-0.3, -0.25) is 5.10 Å². The summed E-state index contributed by atoms with van der Waals surface area (Å²) in [5.74, 6) is 1.03. The van der Waals surface area contributed by atoms with Gasteiger partial charge in [-0.1, -0.05) is 12.1 Å². The summed E-state index contributed by atoms with van der Waals surface area (Å²) >= 11 is 5.17. The fourth-order valence-electron chi connectivity index (χ4n) is 3.17. The molecule has 0 aliphatic heterocycles. The van der Waals surface area contributed by atoms with Crippen molar-refractivity contribution in [3.63, 3.8) is 0 Å². The number of aromatic nitrogens is 3. The van der Waals surface area contributed by atoms with Crippen molar-refractivity contribution < 1.29 is 0 Å². The second kappa shape index (κ2) is 5.01. The number of H-pyrrole nitrogens is 1. The number of hydrogen-bond donors (Lipinski definition) is 2. The Bertz CT molecular complexity index is 761. The first-order valence-corrected chi connectivity index (χ1v) is 7.31. The van der Waals surface area contributed by atoms with E-state index < -0.39 is 0 Å². The van der Waals surface area contributed by atoms with Crippen LogP contribution in [0.25, 0.3) is 0 Å². The van der Waals surface area contributed by atoms with Crippen molar-refractivity contribution in [2.75, 3.05) is 5.73 Å². The second-order valence-electron chi connectivity index (χ2n) is 5.82. The molecule has 0 radical (unpaired) electrons. The minimum Gasteiger partial charge on any atom is -0.399 e. The van der Waals surface area contributed by atoms with Crippen molar-refractivity contribution in [2.24, 2.45) is 13.0 Å². The zero-order valence-electron chi connectivity index (χ0n) is 11.8. The van der Waals surface area contributed by atoms with E-state index in [4.69, 9.17) is 23.2 Å². The Balaban J connectivity index is 1.97. The van der Waals surface area contributed by atoms with Crippen molar-refractivity contribution in [1.29, 1.82) is 5.26 Å². The maximum Gasteiger partial charge on any atom is 0.194 e. The lowest BCUT2D eigenvalue weighted by atomic mass is 9.57. The SMILES string of the molecule is Cn1c(C[C@]2(c3cccc(N)c3)C[C@H](C#N)C2)n[nH]c1=S. The normalized spacial score (nSPS) is 24.3. The first-order valence-electron chi connectivity index (χ1n) is 6.90. The topological polar surface area (TPSA) is 83.4 Å². The molecule has 1 saturated carbocycles. The van der Waals surface area contributed by atoms with E-state index in [-0.39, 0.29) is 11.3 Å². The molecule has 1 aliphatic rings. The maximum atomic E-state index is 9.13. The molecule has 1 aliphatic carbocycles. The summed E-state index contributed by atoms with van der Waals surface area (Å²) < 4.78 is 2.51. The molecule has 1 aromatic carbocycles. The summed E-state index contributed by atoms with van der Waals surface area (Å²) in [7, 11) is 1.91. The molecular formula is C15H17N5S. The maximum absolute atomic E-state index is 9.13. The van der Waals surface area contributed by atoms with Crippen LogP contribution in [0, 0.1) is 22.0 Å². The number of nitrogens with zero attached hydrogens (tertiary/aromatic N) is 3. The molecule has 2 aromatic rings. The van der Waals surface area contributed by atoms with E-state index in [2.05, 4.69) is 22.3 Å². The fourth-order valence-corrected chi connectivity index (χ4v) is 3.32. The van der Waals surface area contributed by atoms with Crippen LogP contribution in [0.2, 0.25) is 0 Å². The van der Waals surface area contributed by atoms with Crippen LogP contribution in [0.5, 0.6) is 0 Å². The third-order valence-electron chi connectivity index (χ3n) is 4.42. The third-order valence-corrected chi connectivity index (χ3v) is 4.79. The molecule has 1 fully saturated rings. The van der Waals surface area contributed by atoms with E-state index in [0.29, 0.717) is 4.77 Å². The Kier molecular flexibility index (Phi) is 3.30. The zero-order chi connectivity index (χ0) is 15.0. The predicted octanol–water partition coefficient (Wildman–Crippen LogP) is 2.47. The predicted molar refractivity (Wildman–Crippen MR) is 83.0 cm³/mol. The van der Waals surface area contributed by atoms with Crippen LogP contribution in [0.3, 0.4) is 0 Å². The van der Waals surface area contributed by atoms with Gasteiger partial charge in [0.25, 0.3) is 0 Å². The van der Waals surface area contributed by atoms with Crippen LogP contribution in [0.4, 0.5) is 5.69 Å². The largest absolute Gasteiger partial charge is 0.399 e. The second-order valence-corrected chi connectivity index (χ2v) is 6.21. The van der Waals surface area contributed by atoms with Crippen LogP contribution >= 0.6 is 12.2 Å². The highest BCUT2D eigenvalue weighted by molar-refractivity contribution is 7.71. The minimum absolute atomic E-state index is 0.0650. The summed E-state index contributed by atoms with van der Waals surface area (Å²) in [5, 5.41) is 16.3. The molecule has 3 rings (SSSR count). The Morgan fingerprint density at radius 3 is 2.90 bits per heavy atom. The molecule has 0 amide bonds. The average Bonchev–Trinajstić information content (AvgIpc) is 2.74. The molecule has 0 bridgehead atoms. The van der Waals surface area contributed by atoms with Gasteiger partial charge in [0.1, 0.15) is 5.82 Å². The number of nitriles is 1. The quantitative estimate of drug-likeness (QED) is 0.673. The van der Waals surface area contributed by atoms with Crippen LogP contribution in [-0.2, 0) is 18.9 Å². The Morgan fingerprint density at radius 1 is 1.57 bits per heavy atom. The number of aromatic amines is 1. The third kappa shape index (κ3) is 2.34. The number of anilines is 1. The standard InChI is InChI=1S/C15H17N5S/c1-20-13(18-19-14(20)21)8-15(6-10(7-15)9-16)11-3-2-4-12(17)5-11/h2-5,10H,6-8,17H2,1H3,(H,19,21)/t10-,15-. The molecule has 5 nitrogen and oxygen atoms in total. The molecule has 0 atom stereocenters. The Labute approximate surface area is 128 Å². The van der Waals surface area contributed by atoms with E-state index in [1.54, 1.807) is 0 Å². The summed E-state index contributed by atoms with van der Waals surface area (Å²) in [5.41, 5.74) is 7.79. The smallest absolute Gasteiger partial charge is 0.194 e. The molecule has 1 aromatic heterocycles. The van der Waals surface area contributed by atoms with Gasteiger partial charge >= 0.3 is 0 Å². The van der Waals surface area contributed by atoms with Gasteiger partial charge < -0.3 is 10.3 Å². The van der Waals surface area contributed by atoms with Crippen LogP contribution in [-0.4, -0.2) is 14.8 Å². The summed E-state index contributed by atoms with van der Waals surface area (Å²) in [6, 6.07) is 10.3. The van der Waals surface area contributed by atoms with Gasteiger partial charge in [0.2, 0.25) is 0 Å². The number of hydrogen-bond acceptors (Lipinski definition) is 4. The molecule has 0 saturated heterocycles. The van der Waals surface area contributed by atoms with E-state index in [0.717, 1.165) is 30.8 Å². The zero-order valence-corrected chi connectivity index (χ0v) is 12.7. The molecule has 3 N–H and O–H groups in total. The summed E-state index contributed by atoms with van der Waals surface area (Å²) in [4.78, 5) is 0. The highest BCUT2D eigenvalue weighted by Crippen LogP contribution is 2.49. The van der Waals surface area contributed by atoms with Gasteiger partial charge in [-0.2, -0.15) is 10.4 Å². The molecule has 0 spiro atoms. The van der Waals surface area contributed by atoms with Crippen LogP contribution in [0.1, 0.15) is 24.2 Å². The van der Waals surface area contributed by atoms with Gasteiger partial charge in [-0.25, -0.2) is 0 Å². The van der Waals surface area contributed by atoms with Gasteiger partial charge in [-0.05, 0) is 42.8 Å². The van der Waals surface area contributed by atoms with Crippen molar-refractivity contribution in [3.05, 3.63) is 40.4 Å². The fraction of sp³-hybridized carbons (Fsp3) is 0.400. The Morgan fingerprint density at radius 2 is 2.33 bits per heavy atom. The molecule has 0 unspecified atom stereocenters. The lowest BCUT2D eigenvalue weighted by Crippen LogP contribution is -2.43. The summed E-state index contributed by atoms with van der Waals surface area (Å²) in [6.07, 6.45) is 2.44. The highest BCUT2D eigenvalue weighted by Gasteiger charge is 2.46. The van der Waals surface area contributed by atoms with Crippen LogP contribution in [0.15, 0.2) is 24.3 Å². The summed E-state index contributed by atoms with van der Waals surface area (Å²) in [6.45, 7) is 0. The minimum atomic E-state index is -0.0650. The number of nitrogen functional groups attached to an aromatic ring is 1. The average molecular weight is 299 g/mol. The highest BCUT2D eigenvalue weighted by atomic mass is 32.1. The molecule has 108 valence electrons. The number of benzene rings is 1. The van der Waals surface area contributed by atoms with E-state index in [1.165, 1.54) is 5.56 Å². The van der Waals surface area contributed by atoms with Crippen molar-refractivity contribution >= 4 is 17.9 Å². The van der Waals surface area contributed by atoms with E-state index in [9.17, 15) is 0 Å². The van der Waals surface area contributed by atoms with E-state index >= 15 is 0 Å². The molecule has 6 heteroatoms. The molecular weight excluding hydrogens is 282 g/mol. The first kappa shape index (κ1) is 13.8. The van der Waals surface area contributed by atoms with Gasteiger partial charge in [0, 0.05) is 30.5 Å². The molecule has 1 heterocycles. The lowest BCUT2D eigenvalue weighted by Gasteiger charge is -2.45. The monoisotopic (exact) mass is 299 g/mol. The van der Waals surface area contributed by atoms with Crippen molar-refractivity contribution in [1.82, 2.24) is 14.8 Å².